The van der Waals surface area contributed by atoms with Crippen molar-refractivity contribution in [3.8, 4) is 0 Å². The largest absolute Gasteiger partial charge is 0.147 e. The van der Waals surface area contributed by atoms with Crippen LogP contribution in [-0.2, 0) is 5.41 Å². The Balaban J connectivity index is 2.15. The number of halogens is 1. The van der Waals surface area contributed by atoms with Crippen molar-refractivity contribution < 1.29 is 0 Å². The van der Waals surface area contributed by atoms with Gasteiger partial charge in [-0.25, -0.2) is 0 Å². The van der Waals surface area contributed by atoms with Crippen molar-refractivity contribution in [3.05, 3.63) is 129 Å². The van der Waals surface area contributed by atoms with Crippen molar-refractivity contribution in [2.75, 3.05) is 0 Å². The second-order valence-electron chi connectivity index (χ2n) is 5.94. The van der Waals surface area contributed by atoms with Gasteiger partial charge in [0, 0.05) is 9.90 Å². The van der Waals surface area contributed by atoms with Crippen LogP contribution in [0.5, 0.6) is 0 Å². The van der Waals surface area contributed by atoms with Crippen LogP contribution in [-0.4, -0.2) is 0 Å². The molecular formula is C23H17ClS. The first-order valence-electron chi connectivity index (χ1n) is 8.23. The van der Waals surface area contributed by atoms with Crippen LogP contribution in [0.15, 0.2) is 102 Å². The van der Waals surface area contributed by atoms with Gasteiger partial charge in [0.05, 0.1) is 5.41 Å². The van der Waals surface area contributed by atoms with Crippen molar-refractivity contribution in [1.82, 2.24) is 0 Å². The molecule has 0 spiro atoms. The van der Waals surface area contributed by atoms with Gasteiger partial charge in [0.1, 0.15) is 0 Å². The van der Waals surface area contributed by atoms with Crippen LogP contribution < -0.4 is 0 Å². The average molecular weight is 361 g/mol. The maximum absolute atomic E-state index is 6.73. The van der Waals surface area contributed by atoms with Crippen LogP contribution >= 0.6 is 22.9 Å². The van der Waals surface area contributed by atoms with Gasteiger partial charge in [-0.3, -0.25) is 0 Å². The standard InChI is InChI=1S/C23H17ClS/c24-21-15-8-7-14-20(21)23(22-16-9-17-25-22,18-10-3-1-4-11-18)19-12-5-2-6-13-19/h1-17H. The molecule has 4 aromatic rings. The van der Waals surface area contributed by atoms with E-state index in [-0.39, 0.29) is 0 Å². The first-order chi connectivity index (χ1) is 12.3. The van der Waals surface area contributed by atoms with Gasteiger partial charge >= 0.3 is 0 Å². The molecule has 4 rings (SSSR count). The highest BCUT2D eigenvalue weighted by molar-refractivity contribution is 7.10. The average Bonchev–Trinajstić information content (AvgIpc) is 3.21. The molecule has 122 valence electrons. The third-order valence-electron chi connectivity index (χ3n) is 4.58. The van der Waals surface area contributed by atoms with E-state index in [9.17, 15) is 0 Å². The lowest BCUT2D eigenvalue weighted by molar-refractivity contribution is 0.763. The van der Waals surface area contributed by atoms with Gasteiger partial charge in [0.2, 0.25) is 0 Å². The van der Waals surface area contributed by atoms with Gasteiger partial charge in [-0.05, 0) is 34.2 Å². The SMILES string of the molecule is Clc1ccccc1C(c1ccccc1)(c1ccccc1)c1cccs1. The molecule has 0 aliphatic rings. The minimum absolute atomic E-state index is 0.422. The molecule has 0 unspecified atom stereocenters. The van der Waals surface area contributed by atoms with Crippen molar-refractivity contribution in [1.29, 1.82) is 0 Å². The summed E-state index contributed by atoms with van der Waals surface area (Å²) in [5.41, 5.74) is 3.12. The Morgan fingerprint density at radius 2 is 1.16 bits per heavy atom. The highest BCUT2D eigenvalue weighted by Gasteiger charge is 2.40. The summed E-state index contributed by atoms with van der Waals surface area (Å²) in [5, 5.41) is 2.91. The van der Waals surface area contributed by atoms with Gasteiger partial charge in [0.25, 0.3) is 0 Å². The van der Waals surface area contributed by atoms with Gasteiger partial charge in [-0.2, -0.15) is 0 Å². The molecule has 1 heterocycles. The van der Waals surface area contributed by atoms with E-state index in [0.29, 0.717) is 0 Å². The first-order valence-corrected chi connectivity index (χ1v) is 9.49. The Morgan fingerprint density at radius 1 is 0.600 bits per heavy atom. The van der Waals surface area contributed by atoms with Crippen LogP contribution in [0.1, 0.15) is 21.6 Å². The van der Waals surface area contributed by atoms with Crippen LogP contribution in [0.25, 0.3) is 0 Å². The van der Waals surface area contributed by atoms with E-state index in [1.54, 1.807) is 11.3 Å². The highest BCUT2D eigenvalue weighted by atomic mass is 35.5. The Hall–Kier alpha value is -2.35. The number of rotatable bonds is 4. The van der Waals surface area contributed by atoms with E-state index in [1.165, 1.54) is 16.0 Å². The lowest BCUT2D eigenvalue weighted by Crippen LogP contribution is -2.30. The Morgan fingerprint density at radius 3 is 1.68 bits per heavy atom. The van der Waals surface area contributed by atoms with Crippen LogP contribution in [0, 0.1) is 0 Å². The summed E-state index contributed by atoms with van der Waals surface area (Å²) in [4.78, 5) is 1.26. The molecule has 0 fully saturated rings. The summed E-state index contributed by atoms with van der Waals surface area (Å²) >= 11 is 8.49. The summed E-state index contributed by atoms with van der Waals surface area (Å²) in [7, 11) is 0. The monoisotopic (exact) mass is 360 g/mol. The summed E-state index contributed by atoms with van der Waals surface area (Å²) in [6, 6.07) is 33.7. The van der Waals surface area contributed by atoms with Gasteiger partial charge in [-0.15, -0.1) is 11.3 Å². The maximum atomic E-state index is 6.73. The predicted octanol–water partition coefficient (Wildman–Crippen LogP) is 6.78. The second-order valence-corrected chi connectivity index (χ2v) is 7.29. The lowest BCUT2D eigenvalue weighted by atomic mass is 9.68. The molecular weight excluding hydrogens is 344 g/mol. The fourth-order valence-electron chi connectivity index (χ4n) is 3.53. The molecule has 0 saturated heterocycles. The van der Waals surface area contributed by atoms with Crippen molar-refractivity contribution in [3.63, 3.8) is 0 Å². The molecule has 1 aromatic heterocycles. The normalized spacial score (nSPS) is 11.4. The second kappa shape index (κ2) is 6.87. The molecule has 0 aliphatic heterocycles. The fourth-order valence-corrected chi connectivity index (χ4v) is 4.79. The number of thiophene rings is 1. The molecule has 0 atom stereocenters. The fraction of sp³-hybridized carbons (Fsp3) is 0.0435. The van der Waals surface area contributed by atoms with Crippen LogP contribution in [0.3, 0.4) is 0 Å². The minimum Gasteiger partial charge on any atom is -0.147 e. The zero-order chi connectivity index (χ0) is 17.1. The van der Waals surface area contributed by atoms with E-state index in [1.807, 2.05) is 12.1 Å². The molecule has 0 saturated carbocycles. The van der Waals surface area contributed by atoms with Gasteiger partial charge in [0.15, 0.2) is 0 Å². The quantitative estimate of drug-likeness (QED) is 0.352. The summed E-state index contributed by atoms with van der Waals surface area (Å²) in [6.45, 7) is 0. The van der Waals surface area contributed by atoms with E-state index >= 15 is 0 Å². The lowest BCUT2D eigenvalue weighted by Gasteiger charge is -2.36. The molecule has 0 bridgehead atoms. The molecule has 0 amide bonds. The Bertz CT molecular complexity index is 904. The zero-order valence-electron chi connectivity index (χ0n) is 13.6. The number of hydrogen-bond acceptors (Lipinski definition) is 1. The van der Waals surface area contributed by atoms with E-state index < -0.39 is 5.41 Å². The number of hydrogen-bond donors (Lipinski definition) is 0. The molecule has 0 N–H and O–H groups in total. The topological polar surface area (TPSA) is 0 Å². The van der Waals surface area contributed by atoms with Crippen molar-refractivity contribution in [2.24, 2.45) is 0 Å². The van der Waals surface area contributed by atoms with Crippen molar-refractivity contribution in [2.45, 2.75) is 5.41 Å². The number of benzene rings is 3. The van der Waals surface area contributed by atoms with E-state index in [4.69, 9.17) is 11.6 Å². The van der Waals surface area contributed by atoms with E-state index in [0.717, 1.165) is 10.6 Å². The minimum atomic E-state index is -0.422. The van der Waals surface area contributed by atoms with Crippen LogP contribution in [0.2, 0.25) is 5.02 Å². The summed E-state index contributed by atoms with van der Waals surface area (Å²) < 4.78 is 0. The smallest absolute Gasteiger partial charge is 0.0809 e. The molecule has 3 aromatic carbocycles. The maximum Gasteiger partial charge on any atom is 0.0809 e. The van der Waals surface area contributed by atoms with Gasteiger partial charge in [-0.1, -0.05) is 96.5 Å². The highest BCUT2D eigenvalue weighted by Crippen LogP contribution is 2.48. The molecule has 25 heavy (non-hydrogen) atoms. The third kappa shape index (κ3) is 2.70. The van der Waals surface area contributed by atoms with Gasteiger partial charge < -0.3 is 0 Å². The predicted molar refractivity (Wildman–Crippen MR) is 108 cm³/mol. The zero-order valence-corrected chi connectivity index (χ0v) is 15.2. The Labute approximate surface area is 157 Å². The summed E-state index contributed by atoms with van der Waals surface area (Å²) in [5.74, 6) is 0. The summed E-state index contributed by atoms with van der Waals surface area (Å²) in [6.07, 6.45) is 0. The molecule has 0 aliphatic carbocycles. The van der Waals surface area contributed by atoms with E-state index in [2.05, 4.69) is 90.3 Å². The molecule has 0 nitrogen and oxygen atoms in total. The molecule has 0 radical (unpaired) electrons. The van der Waals surface area contributed by atoms with Crippen molar-refractivity contribution >= 4 is 22.9 Å². The molecule has 2 heteroatoms. The third-order valence-corrected chi connectivity index (χ3v) is 5.90. The van der Waals surface area contributed by atoms with Crippen LogP contribution in [0.4, 0.5) is 0 Å². The first kappa shape index (κ1) is 16.1. The Kier molecular flexibility index (Phi) is 4.44.